The molecule has 0 aliphatic carbocycles. The van der Waals surface area contributed by atoms with E-state index >= 15 is 0 Å². The minimum Gasteiger partial charge on any atom is -0.300 e. The summed E-state index contributed by atoms with van der Waals surface area (Å²) in [6.07, 6.45) is 0. The van der Waals surface area contributed by atoms with Gasteiger partial charge in [0.2, 0.25) is 0 Å². The maximum Gasteiger partial charge on any atom is 0.273 e. The molecule has 0 fully saturated rings. The van der Waals surface area contributed by atoms with E-state index in [-0.39, 0.29) is 16.7 Å². The zero-order valence-electron chi connectivity index (χ0n) is 10.6. The van der Waals surface area contributed by atoms with Crippen molar-refractivity contribution in [3.8, 4) is 11.4 Å². The number of rotatable bonds is 3. The highest BCUT2D eigenvalue weighted by Gasteiger charge is 2.21. The number of aryl methyl sites for hydroxylation is 1. The van der Waals surface area contributed by atoms with Gasteiger partial charge in [0.05, 0.1) is 4.92 Å². The standard InChI is InChI=1S/C10H11N5O4S/c1-6-5-7(15(16)17)3-4-8(6)9-12-13-10(14(9)2)20(11,18)19/h3-5H,1-2H3,(H2,11,18,19). The van der Waals surface area contributed by atoms with Crippen LogP contribution in [0.2, 0.25) is 0 Å². The van der Waals surface area contributed by atoms with Gasteiger partial charge in [-0.1, -0.05) is 0 Å². The number of nitro groups is 1. The van der Waals surface area contributed by atoms with Crippen molar-refractivity contribution in [1.82, 2.24) is 14.8 Å². The van der Waals surface area contributed by atoms with Gasteiger partial charge in [-0.2, -0.15) is 0 Å². The molecule has 1 heterocycles. The molecule has 0 spiro atoms. The van der Waals surface area contributed by atoms with Crippen LogP contribution in [0.4, 0.5) is 5.69 Å². The second-order valence-electron chi connectivity index (χ2n) is 4.17. The number of nitrogens with zero attached hydrogens (tertiary/aromatic N) is 4. The normalized spacial score (nSPS) is 11.6. The first-order valence-electron chi connectivity index (χ1n) is 5.39. The molecule has 0 aliphatic rings. The lowest BCUT2D eigenvalue weighted by atomic mass is 10.1. The third kappa shape index (κ3) is 2.38. The van der Waals surface area contributed by atoms with Gasteiger partial charge in [0.25, 0.3) is 20.9 Å². The van der Waals surface area contributed by atoms with E-state index in [0.717, 1.165) is 0 Å². The van der Waals surface area contributed by atoms with Crippen molar-refractivity contribution in [3.05, 3.63) is 33.9 Å². The summed E-state index contributed by atoms with van der Waals surface area (Å²) in [6.45, 7) is 1.66. The maximum atomic E-state index is 11.3. The van der Waals surface area contributed by atoms with Gasteiger partial charge in [-0.25, -0.2) is 13.6 Å². The highest BCUT2D eigenvalue weighted by molar-refractivity contribution is 7.89. The van der Waals surface area contributed by atoms with Crippen LogP contribution in [0.3, 0.4) is 0 Å². The van der Waals surface area contributed by atoms with Gasteiger partial charge in [-0.05, 0) is 18.6 Å². The molecule has 2 aromatic rings. The second kappa shape index (κ2) is 4.65. The Morgan fingerprint density at radius 3 is 2.45 bits per heavy atom. The van der Waals surface area contributed by atoms with Crippen molar-refractivity contribution >= 4 is 15.7 Å². The Bertz CT molecular complexity index is 796. The van der Waals surface area contributed by atoms with Crippen molar-refractivity contribution < 1.29 is 13.3 Å². The second-order valence-corrected chi connectivity index (χ2v) is 5.62. The summed E-state index contributed by atoms with van der Waals surface area (Å²) in [5, 5.41) is 22.6. The Morgan fingerprint density at radius 2 is 2.00 bits per heavy atom. The molecule has 20 heavy (non-hydrogen) atoms. The van der Waals surface area contributed by atoms with Crippen LogP contribution in [-0.2, 0) is 17.1 Å². The molecule has 2 rings (SSSR count). The number of benzene rings is 1. The van der Waals surface area contributed by atoms with E-state index in [9.17, 15) is 18.5 Å². The summed E-state index contributed by atoms with van der Waals surface area (Å²) in [7, 11) is -2.52. The van der Waals surface area contributed by atoms with Crippen LogP contribution in [0.1, 0.15) is 5.56 Å². The van der Waals surface area contributed by atoms with Crippen LogP contribution >= 0.6 is 0 Å². The minimum atomic E-state index is -3.97. The number of hydrogen-bond donors (Lipinski definition) is 1. The monoisotopic (exact) mass is 297 g/mol. The van der Waals surface area contributed by atoms with Crippen LogP contribution in [-0.4, -0.2) is 28.1 Å². The molecule has 0 unspecified atom stereocenters. The summed E-state index contributed by atoms with van der Waals surface area (Å²) in [5.41, 5.74) is 1.07. The Kier molecular flexibility index (Phi) is 3.28. The van der Waals surface area contributed by atoms with E-state index in [1.54, 1.807) is 6.92 Å². The first-order chi connectivity index (χ1) is 9.21. The predicted molar refractivity (Wildman–Crippen MR) is 69.2 cm³/mol. The number of non-ortho nitro benzene ring substituents is 1. The Morgan fingerprint density at radius 1 is 1.35 bits per heavy atom. The Balaban J connectivity index is 2.59. The topological polar surface area (TPSA) is 134 Å². The van der Waals surface area contributed by atoms with Gasteiger partial charge < -0.3 is 0 Å². The molecule has 10 heteroatoms. The number of aromatic nitrogens is 3. The van der Waals surface area contributed by atoms with Crippen molar-refractivity contribution in [2.45, 2.75) is 12.1 Å². The largest absolute Gasteiger partial charge is 0.300 e. The number of nitrogens with two attached hydrogens (primary N) is 1. The lowest BCUT2D eigenvalue weighted by molar-refractivity contribution is -0.384. The highest BCUT2D eigenvalue weighted by Crippen LogP contribution is 2.26. The summed E-state index contributed by atoms with van der Waals surface area (Å²) < 4.78 is 23.8. The lowest BCUT2D eigenvalue weighted by Crippen LogP contribution is -2.17. The van der Waals surface area contributed by atoms with E-state index in [4.69, 9.17) is 5.14 Å². The van der Waals surface area contributed by atoms with E-state index in [0.29, 0.717) is 11.1 Å². The molecule has 1 aromatic heterocycles. The molecular formula is C10H11N5O4S. The molecule has 0 atom stereocenters. The molecule has 106 valence electrons. The van der Waals surface area contributed by atoms with Crippen LogP contribution in [0, 0.1) is 17.0 Å². The smallest absolute Gasteiger partial charge is 0.273 e. The van der Waals surface area contributed by atoms with Gasteiger partial charge in [-0.3, -0.25) is 14.7 Å². The van der Waals surface area contributed by atoms with Crippen molar-refractivity contribution in [3.63, 3.8) is 0 Å². The maximum absolute atomic E-state index is 11.3. The first-order valence-corrected chi connectivity index (χ1v) is 6.94. The number of nitro benzene ring substituents is 1. The predicted octanol–water partition coefficient (Wildman–Crippen LogP) is 0.346. The van der Waals surface area contributed by atoms with Crippen molar-refractivity contribution in [1.29, 1.82) is 0 Å². The number of hydrogen-bond acceptors (Lipinski definition) is 6. The fourth-order valence-electron chi connectivity index (χ4n) is 1.81. The van der Waals surface area contributed by atoms with Gasteiger partial charge in [0.1, 0.15) is 0 Å². The van der Waals surface area contributed by atoms with E-state index in [2.05, 4.69) is 10.2 Å². The molecule has 0 bridgehead atoms. The molecule has 0 saturated heterocycles. The van der Waals surface area contributed by atoms with Crippen LogP contribution < -0.4 is 5.14 Å². The van der Waals surface area contributed by atoms with Gasteiger partial charge in [0, 0.05) is 24.7 Å². The SMILES string of the molecule is Cc1cc([N+](=O)[O-])ccc1-c1nnc(S(N)(=O)=O)n1C. The zero-order chi connectivity index (χ0) is 15.1. The van der Waals surface area contributed by atoms with Crippen LogP contribution in [0.5, 0.6) is 0 Å². The Labute approximate surface area is 114 Å². The molecule has 0 saturated carbocycles. The van der Waals surface area contributed by atoms with Crippen molar-refractivity contribution in [2.24, 2.45) is 12.2 Å². The average Bonchev–Trinajstić information content (AvgIpc) is 2.70. The number of primary sulfonamides is 1. The van der Waals surface area contributed by atoms with Gasteiger partial charge in [0.15, 0.2) is 5.82 Å². The van der Waals surface area contributed by atoms with Gasteiger partial charge in [-0.15, -0.1) is 10.2 Å². The molecule has 1 aromatic carbocycles. The zero-order valence-corrected chi connectivity index (χ0v) is 11.5. The van der Waals surface area contributed by atoms with Crippen LogP contribution in [0.25, 0.3) is 11.4 Å². The molecule has 2 N–H and O–H groups in total. The van der Waals surface area contributed by atoms with Gasteiger partial charge >= 0.3 is 0 Å². The first kappa shape index (κ1) is 14.1. The molecular weight excluding hydrogens is 286 g/mol. The number of sulfonamides is 1. The summed E-state index contributed by atoms with van der Waals surface area (Å²) in [5.74, 6) is 0.265. The van der Waals surface area contributed by atoms with E-state index in [1.807, 2.05) is 0 Å². The summed E-state index contributed by atoms with van der Waals surface area (Å²) >= 11 is 0. The van der Waals surface area contributed by atoms with Crippen LogP contribution in [0.15, 0.2) is 23.4 Å². The highest BCUT2D eigenvalue weighted by atomic mass is 32.2. The third-order valence-corrected chi connectivity index (χ3v) is 3.62. The quantitative estimate of drug-likeness (QED) is 0.641. The molecule has 9 nitrogen and oxygen atoms in total. The fourth-order valence-corrected chi connectivity index (χ4v) is 2.43. The fraction of sp³-hybridized carbons (Fsp3) is 0.200. The summed E-state index contributed by atoms with van der Waals surface area (Å²) in [6, 6.07) is 4.18. The summed E-state index contributed by atoms with van der Waals surface area (Å²) in [4.78, 5) is 10.2. The van der Waals surface area contributed by atoms with E-state index < -0.39 is 14.9 Å². The molecule has 0 aliphatic heterocycles. The van der Waals surface area contributed by atoms with Crippen molar-refractivity contribution in [2.75, 3.05) is 0 Å². The molecule has 0 radical (unpaired) electrons. The average molecular weight is 297 g/mol. The third-order valence-electron chi connectivity index (χ3n) is 2.75. The lowest BCUT2D eigenvalue weighted by Gasteiger charge is -2.05. The minimum absolute atomic E-state index is 0.0555. The van der Waals surface area contributed by atoms with E-state index in [1.165, 1.54) is 29.8 Å². The molecule has 0 amide bonds. The Hall–Kier alpha value is -2.33.